The average molecular weight is 868 g/mol. The van der Waals surface area contributed by atoms with E-state index in [1.54, 1.807) is 44.2 Å². The molecule has 0 aliphatic carbocycles. The van der Waals surface area contributed by atoms with Gasteiger partial charge in [-0.3, -0.25) is 33.6 Å². The molecule has 3 aliphatic heterocycles. The number of hydrogen-bond donors (Lipinski definition) is 4. The van der Waals surface area contributed by atoms with Gasteiger partial charge in [0.15, 0.2) is 11.7 Å². The first-order valence-corrected chi connectivity index (χ1v) is 20.9. The van der Waals surface area contributed by atoms with E-state index in [4.69, 9.17) is 9.47 Å². The number of fused-ring (bicyclic) bond motifs is 2. The first-order chi connectivity index (χ1) is 30.1. The summed E-state index contributed by atoms with van der Waals surface area (Å²) in [5.41, 5.74) is 0.476. The van der Waals surface area contributed by atoms with Crippen molar-refractivity contribution in [2.45, 2.75) is 95.2 Å². The number of aromatic hydroxyl groups is 1. The number of Topliss-reactive ketones (excluding diaryl/α,β-unsaturated/α-hetero) is 1. The van der Waals surface area contributed by atoms with Gasteiger partial charge < -0.3 is 45.2 Å². The molecule has 3 fully saturated rings. The standard InChI is InChI=1S/C45H53N7O11/c1-25(2)35-44(60)51-21-10-13-31(51)42(58)50(4)33(23-27-11-7-6-8-12-27)43(59)52-22-19-29(53)24-32(52)39(55)49-37(28-15-17-30(62-5)18-16-28)45(61)63-26(3)36(40(56)47-35)48-41(57)38-34(54)14-9-20-46-38/h6-9,11-12,14-18,20,25-26,31-33,35-37,54H,10,13,19,21-24H2,1-5H3,(H,47,56)(H,48,57)(H,49,55). The molecule has 2 aromatic carbocycles. The molecule has 4 N–H and O–H groups in total. The van der Waals surface area contributed by atoms with E-state index in [0.29, 0.717) is 17.7 Å². The molecule has 3 aromatic rings. The summed E-state index contributed by atoms with van der Waals surface area (Å²) in [7, 11) is 2.91. The molecule has 1 aromatic heterocycles. The fourth-order valence-corrected chi connectivity index (χ4v) is 8.17. The molecule has 6 rings (SSSR count). The maximum absolute atomic E-state index is 14.9. The highest BCUT2D eigenvalue weighted by Gasteiger charge is 2.46. The molecule has 0 bridgehead atoms. The Balaban J connectivity index is 1.46. The summed E-state index contributed by atoms with van der Waals surface area (Å²) in [5, 5.41) is 18.3. The molecular weight excluding hydrogens is 815 g/mol. The molecule has 0 saturated carbocycles. The van der Waals surface area contributed by atoms with Crippen LogP contribution in [0.2, 0.25) is 0 Å². The number of amides is 6. The van der Waals surface area contributed by atoms with E-state index in [1.807, 2.05) is 0 Å². The number of carbonyl (C=O) groups is 8. The van der Waals surface area contributed by atoms with E-state index in [9.17, 15) is 43.5 Å². The van der Waals surface area contributed by atoms with Crippen LogP contribution in [0.15, 0.2) is 72.9 Å². The van der Waals surface area contributed by atoms with Gasteiger partial charge in [0, 0.05) is 45.6 Å². The Bertz CT molecular complexity index is 2220. The van der Waals surface area contributed by atoms with Crippen LogP contribution in [0.3, 0.4) is 0 Å². The highest BCUT2D eigenvalue weighted by molar-refractivity contribution is 6.01. The van der Waals surface area contributed by atoms with E-state index in [-0.39, 0.29) is 50.1 Å². The van der Waals surface area contributed by atoms with Gasteiger partial charge in [0.2, 0.25) is 29.5 Å². The Hall–Kier alpha value is -6.85. The van der Waals surface area contributed by atoms with Gasteiger partial charge in [-0.15, -0.1) is 0 Å². The largest absolute Gasteiger partial charge is 0.505 e. The number of methoxy groups -OCH3 is 1. The Kier molecular flexibility index (Phi) is 14.4. The number of piperidine rings is 1. The van der Waals surface area contributed by atoms with E-state index >= 15 is 0 Å². The lowest BCUT2D eigenvalue weighted by atomic mass is 9.95. The van der Waals surface area contributed by atoms with Crippen LogP contribution in [0.25, 0.3) is 0 Å². The van der Waals surface area contributed by atoms with Gasteiger partial charge in [-0.1, -0.05) is 56.3 Å². The van der Waals surface area contributed by atoms with Crippen LogP contribution in [0.5, 0.6) is 11.5 Å². The van der Waals surface area contributed by atoms with E-state index in [2.05, 4.69) is 20.9 Å². The van der Waals surface area contributed by atoms with E-state index < -0.39 is 101 Å². The number of esters is 1. The van der Waals surface area contributed by atoms with Crippen LogP contribution in [0.4, 0.5) is 0 Å². The maximum atomic E-state index is 14.9. The van der Waals surface area contributed by atoms with Crippen LogP contribution >= 0.6 is 0 Å². The van der Waals surface area contributed by atoms with Crippen molar-refractivity contribution in [2.75, 3.05) is 27.2 Å². The molecule has 7 atom stereocenters. The lowest BCUT2D eigenvalue weighted by Crippen LogP contribution is -2.62. The highest BCUT2D eigenvalue weighted by atomic mass is 16.5. The Morgan fingerprint density at radius 3 is 2.25 bits per heavy atom. The van der Waals surface area contributed by atoms with Gasteiger partial charge in [-0.25, -0.2) is 9.78 Å². The first-order valence-electron chi connectivity index (χ1n) is 20.9. The first kappa shape index (κ1) is 45.7. The second-order valence-electron chi connectivity index (χ2n) is 16.3. The summed E-state index contributed by atoms with van der Waals surface area (Å²) in [6.45, 7) is 4.71. The normalized spacial score (nSPS) is 25.5. The van der Waals surface area contributed by atoms with Crippen LogP contribution in [-0.2, 0) is 44.7 Å². The second-order valence-corrected chi connectivity index (χ2v) is 16.3. The zero-order chi connectivity index (χ0) is 45.5. The monoisotopic (exact) mass is 867 g/mol. The molecule has 3 saturated heterocycles. The highest BCUT2D eigenvalue weighted by Crippen LogP contribution is 2.27. The predicted octanol–water partition coefficient (Wildman–Crippen LogP) is 1.46. The number of rotatable bonds is 7. The number of cyclic esters (lactones) is 1. The third kappa shape index (κ3) is 10.3. The number of aromatic nitrogens is 1. The molecule has 18 heteroatoms. The van der Waals surface area contributed by atoms with Crippen LogP contribution in [0.1, 0.15) is 74.1 Å². The van der Waals surface area contributed by atoms with Gasteiger partial charge in [0.1, 0.15) is 53.6 Å². The lowest BCUT2D eigenvalue weighted by molar-refractivity contribution is -0.156. The quantitative estimate of drug-likeness (QED) is 0.247. The molecular formula is C45H53N7O11. The van der Waals surface area contributed by atoms with Crippen LogP contribution in [-0.4, -0.2) is 136 Å². The van der Waals surface area contributed by atoms with Crippen molar-refractivity contribution >= 4 is 47.2 Å². The Morgan fingerprint density at radius 2 is 1.59 bits per heavy atom. The van der Waals surface area contributed by atoms with Crippen LogP contribution < -0.4 is 20.7 Å². The number of hydrogen-bond acceptors (Lipinski definition) is 12. The third-order valence-electron chi connectivity index (χ3n) is 11.8. The molecule has 0 radical (unpaired) electrons. The minimum Gasteiger partial charge on any atom is -0.505 e. The predicted molar refractivity (Wildman–Crippen MR) is 225 cm³/mol. The molecule has 6 amide bonds. The van der Waals surface area contributed by atoms with Crippen molar-refractivity contribution < 1.29 is 52.9 Å². The number of carbonyl (C=O) groups excluding carboxylic acids is 8. The minimum absolute atomic E-state index is 0.0358. The summed E-state index contributed by atoms with van der Waals surface area (Å²) >= 11 is 0. The van der Waals surface area contributed by atoms with Crippen molar-refractivity contribution in [1.82, 2.24) is 35.6 Å². The number of nitrogens with zero attached hydrogens (tertiary/aromatic N) is 4. The summed E-state index contributed by atoms with van der Waals surface area (Å²) in [6.07, 6.45) is 0.0463. The summed E-state index contributed by atoms with van der Waals surface area (Å²) in [4.78, 5) is 122. The van der Waals surface area contributed by atoms with Crippen molar-refractivity contribution in [3.05, 3.63) is 89.7 Å². The molecule has 63 heavy (non-hydrogen) atoms. The fourth-order valence-electron chi connectivity index (χ4n) is 8.17. The number of ether oxygens (including phenoxy) is 2. The number of nitrogens with one attached hydrogen (secondary N) is 3. The molecule has 0 spiro atoms. The molecule has 334 valence electrons. The van der Waals surface area contributed by atoms with Gasteiger partial charge in [0.25, 0.3) is 5.91 Å². The molecule has 18 nitrogen and oxygen atoms in total. The fraction of sp³-hybridized carbons (Fsp3) is 0.444. The number of ketones is 1. The van der Waals surface area contributed by atoms with Gasteiger partial charge >= 0.3 is 5.97 Å². The van der Waals surface area contributed by atoms with Crippen molar-refractivity contribution in [1.29, 1.82) is 0 Å². The minimum atomic E-state index is -1.71. The van der Waals surface area contributed by atoms with E-state index in [1.165, 1.54) is 78.4 Å². The lowest BCUT2D eigenvalue weighted by Gasteiger charge is -2.40. The molecule has 4 heterocycles. The summed E-state index contributed by atoms with van der Waals surface area (Å²) in [5.74, 6) is -6.58. The smallest absolute Gasteiger partial charge is 0.333 e. The van der Waals surface area contributed by atoms with Crippen molar-refractivity contribution in [2.24, 2.45) is 5.92 Å². The second kappa shape index (κ2) is 19.9. The van der Waals surface area contributed by atoms with Gasteiger partial charge in [-0.05, 0) is 61.1 Å². The topological polar surface area (TPSA) is 234 Å². The van der Waals surface area contributed by atoms with Gasteiger partial charge in [0.05, 0.1) is 7.11 Å². The summed E-state index contributed by atoms with van der Waals surface area (Å²) < 4.78 is 11.2. The van der Waals surface area contributed by atoms with E-state index in [0.717, 1.165) is 0 Å². The average Bonchev–Trinajstić information content (AvgIpc) is 3.77. The maximum Gasteiger partial charge on any atom is 0.333 e. The zero-order valence-corrected chi connectivity index (χ0v) is 35.8. The summed E-state index contributed by atoms with van der Waals surface area (Å²) in [6, 6.07) is 9.49. The zero-order valence-electron chi connectivity index (χ0n) is 35.8. The SMILES string of the molecule is COc1ccc(C2NC(=O)C3CC(=O)CCN3C(=O)C(Cc3ccccc3)N(C)C(=O)C3CCCN3C(=O)C(C(C)C)NC(=O)C(NC(=O)c3ncccc3O)C(C)OC2=O)cc1. The van der Waals surface area contributed by atoms with Crippen molar-refractivity contribution in [3.63, 3.8) is 0 Å². The Morgan fingerprint density at radius 1 is 0.889 bits per heavy atom. The number of likely N-dealkylation sites (N-methyl/N-ethyl adjacent to an activating group) is 1. The van der Waals surface area contributed by atoms with Crippen LogP contribution in [0, 0.1) is 5.92 Å². The number of pyridine rings is 1. The van der Waals surface area contributed by atoms with Crippen molar-refractivity contribution in [3.8, 4) is 11.5 Å². The van der Waals surface area contributed by atoms with Gasteiger partial charge in [-0.2, -0.15) is 0 Å². The number of benzene rings is 2. The third-order valence-corrected chi connectivity index (χ3v) is 11.8. The molecule has 7 unspecified atom stereocenters. The Labute approximate surface area is 364 Å². The molecule has 3 aliphatic rings.